The maximum absolute atomic E-state index is 11.5. The number of H-pyrrole nitrogens is 1. The lowest BCUT2D eigenvalue weighted by Gasteiger charge is -1.99. The van der Waals surface area contributed by atoms with Crippen LogP contribution >= 0.6 is 11.6 Å². The van der Waals surface area contributed by atoms with Crippen molar-refractivity contribution in [3.8, 4) is 0 Å². The minimum atomic E-state index is -0.117. The molecule has 4 nitrogen and oxygen atoms in total. The summed E-state index contributed by atoms with van der Waals surface area (Å²) in [7, 11) is 1.85. The van der Waals surface area contributed by atoms with Crippen LogP contribution in [-0.2, 0) is 12.9 Å². The van der Waals surface area contributed by atoms with E-state index in [1.165, 1.54) is 12.8 Å². The summed E-state index contributed by atoms with van der Waals surface area (Å²) in [6.07, 6.45) is 2.37. The SMILES string of the molecule is Cn1nc(C2CC2)c2c(CCl)cc(=O)[nH]c21. The molecule has 0 aromatic carbocycles. The van der Waals surface area contributed by atoms with Gasteiger partial charge < -0.3 is 4.98 Å². The number of nitrogens with zero attached hydrogens (tertiary/aromatic N) is 2. The highest BCUT2D eigenvalue weighted by Gasteiger charge is 2.30. The molecule has 2 aromatic rings. The number of hydrogen-bond donors (Lipinski definition) is 1. The maximum Gasteiger partial charge on any atom is 0.249 e. The Morgan fingerprint density at radius 2 is 2.38 bits per heavy atom. The summed E-state index contributed by atoms with van der Waals surface area (Å²) in [5.74, 6) is 0.905. The number of alkyl halides is 1. The predicted octanol–water partition coefficient (Wildman–Crippen LogP) is 1.88. The molecule has 84 valence electrons. The Bertz CT molecular complexity index is 609. The Morgan fingerprint density at radius 1 is 1.62 bits per heavy atom. The molecular formula is C11H12ClN3O. The Morgan fingerprint density at radius 3 is 3.00 bits per heavy atom. The van der Waals surface area contributed by atoms with Gasteiger partial charge in [-0.2, -0.15) is 5.10 Å². The van der Waals surface area contributed by atoms with E-state index < -0.39 is 0 Å². The number of hydrogen-bond acceptors (Lipinski definition) is 2. The third kappa shape index (κ3) is 1.37. The highest BCUT2D eigenvalue weighted by Crippen LogP contribution is 2.42. The van der Waals surface area contributed by atoms with E-state index in [4.69, 9.17) is 11.6 Å². The van der Waals surface area contributed by atoms with Crippen LogP contribution in [0.15, 0.2) is 10.9 Å². The number of pyridine rings is 1. The Hall–Kier alpha value is -1.29. The predicted molar refractivity (Wildman–Crippen MR) is 62.9 cm³/mol. The quantitative estimate of drug-likeness (QED) is 0.811. The van der Waals surface area contributed by atoms with Gasteiger partial charge in [-0.15, -0.1) is 11.6 Å². The fourth-order valence-corrected chi connectivity index (χ4v) is 2.35. The Balaban J connectivity index is 2.40. The lowest BCUT2D eigenvalue weighted by molar-refractivity contribution is 0.758. The van der Waals surface area contributed by atoms with Gasteiger partial charge in [0.15, 0.2) is 0 Å². The molecule has 1 saturated carbocycles. The van der Waals surface area contributed by atoms with Gasteiger partial charge in [0, 0.05) is 30.3 Å². The summed E-state index contributed by atoms with van der Waals surface area (Å²) in [5.41, 5.74) is 2.64. The first-order chi connectivity index (χ1) is 7.70. The maximum atomic E-state index is 11.5. The zero-order valence-electron chi connectivity index (χ0n) is 8.96. The van der Waals surface area contributed by atoms with Crippen molar-refractivity contribution in [3.05, 3.63) is 27.7 Å². The standard InChI is InChI=1S/C11H12ClN3O/c1-15-11-9(10(14-15)6-2-3-6)7(5-12)4-8(16)13-11/h4,6H,2-3,5H2,1H3,(H,13,16). The molecule has 0 saturated heterocycles. The minimum Gasteiger partial charge on any atom is -0.307 e. The molecule has 5 heteroatoms. The van der Waals surface area contributed by atoms with E-state index in [2.05, 4.69) is 10.1 Å². The summed E-state index contributed by atoms with van der Waals surface area (Å²) in [6.45, 7) is 0. The number of fused-ring (bicyclic) bond motifs is 1. The van der Waals surface area contributed by atoms with Crippen molar-refractivity contribution in [2.75, 3.05) is 0 Å². The average Bonchev–Trinajstić information content (AvgIpc) is 3.04. The normalized spacial score (nSPS) is 15.9. The lowest BCUT2D eigenvalue weighted by atomic mass is 10.1. The third-order valence-corrected chi connectivity index (χ3v) is 3.34. The molecule has 0 amide bonds. The van der Waals surface area contributed by atoms with Crippen molar-refractivity contribution in [2.45, 2.75) is 24.6 Å². The van der Waals surface area contributed by atoms with Gasteiger partial charge in [0.2, 0.25) is 5.56 Å². The van der Waals surface area contributed by atoms with Crippen LogP contribution in [0.1, 0.15) is 30.0 Å². The molecule has 0 spiro atoms. The summed E-state index contributed by atoms with van der Waals surface area (Å²) >= 11 is 5.89. The van der Waals surface area contributed by atoms with E-state index in [1.807, 2.05) is 7.05 Å². The highest BCUT2D eigenvalue weighted by molar-refractivity contribution is 6.18. The van der Waals surface area contributed by atoms with Crippen molar-refractivity contribution in [2.24, 2.45) is 7.05 Å². The molecule has 0 radical (unpaired) electrons. The van der Waals surface area contributed by atoms with Crippen LogP contribution in [0.4, 0.5) is 0 Å². The minimum absolute atomic E-state index is 0.117. The molecule has 0 atom stereocenters. The van der Waals surface area contributed by atoms with E-state index in [-0.39, 0.29) is 5.56 Å². The van der Waals surface area contributed by atoms with Crippen LogP contribution in [0.25, 0.3) is 11.0 Å². The van der Waals surface area contributed by atoms with Gasteiger partial charge in [0.1, 0.15) is 5.65 Å². The van der Waals surface area contributed by atoms with Crippen LogP contribution in [0.3, 0.4) is 0 Å². The molecule has 1 fully saturated rings. The van der Waals surface area contributed by atoms with Crippen molar-refractivity contribution < 1.29 is 0 Å². The van der Waals surface area contributed by atoms with Gasteiger partial charge in [-0.1, -0.05) is 0 Å². The second-order valence-electron chi connectivity index (χ2n) is 4.30. The molecule has 3 rings (SSSR count). The summed E-state index contributed by atoms with van der Waals surface area (Å²) in [6, 6.07) is 1.57. The van der Waals surface area contributed by atoms with Gasteiger partial charge >= 0.3 is 0 Å². The van der Waals surface area contributed by atoms with E-state index in [9.17, 15) is 4.79 Å². The zero-order chi connectivity index (χ0) is 11.3. The molecule has 0 aliphatic heterocycles. The van der Waals surface area contributed by atoms with Gasteiger partial charge in [-0.25, -0.2) is 0 Å². The number of nitrogens with one attached hydrogen (secondary N) is 1. The fourth-order valence-electron chi connectivity index (χ4n) is 2.14. The largest absolute Gasteiger partial charge is 0.307 e. The molecule has 16 heavy (non-hydrogen) atoms. The van der Waals surface area contributed by atoms with Crippen molar-refractivity contribution >= 4 is 22.6 Å². The number of halogens is 1. The number of aromatic nitrogens is 3. The van der Waals surface area contributed by atoms with E-state index >= 15 is 0 Å². The first-order valence-electron chi connectivity index (χ1n) is 5.35. The number of aryl methyl sites for hydroxylation is 1. The molecule has 1 aliphatic carbocycles. The van der Waals surface area contributed by atoms with Crippen LogP contribution in [0.2, 0.25) is 0 Å². The molecule has 0 bridgehead atoms. The summed E-state index contributed by atoms with van der Waals surface area (Å²) < 4.78 is 1.74. The Kier molecular flexibility index (Phi) is 2.07. The van der Waals surface area contributed by atoms with E-state index in [1.54, 1.807) is 10.7 Å². The average molecular weight is 238 g/mol. The van der Waals surface area contributed by atoms with Crippen molar-refractivity contribution in [1.29, 1.82) is 0 Å². The molecular weight excluding hydrogens is 226 g/mol. The van der Waals surface area contributed by atoms with Gasteiger partial charge in [-0.05, 0) is 18.4 Å². The molecule has 2 aromatic heterocycles. The first-order valence-corrected chi connectivity index (χ1v) is 5.89. The molecule has 1 aliphatic rings. The van der Waals surface area contributed by atoms with Gasteiger partial charge in [0.25, 0.3) is 0 Å². The number of aromatic amines is 1. The summed E-state index contributed by atoms with van der Waals surface area (Å²) in [4.78, 5) is 14.3. The zero-order valence-corrected chi connectivity index (χ0v) is 9.71. The van der Waals surface area contributed by atoms with E-state index in [0.717, 1.165) is 22.3 Å². The third-order valence-electron chi connectivity index (χ3n) is 3.05. The van der Waals surface area contributed by atoms with Crippen LogP contribution in [0, 0.1) is 0 Å². The van der Waals surface area contributed by atoms with Gasteiger partial charge in [0.05, 0.1) is 5.69 Å². The molecule has 1 N–H and O–H groups in total. The highest BCUT2D eigenvalue weighted by atomic mass is 35.5. The molecule has 0 unspecified atom stereocenters. The van der Waals surface area contributed by atoms with Gasteiger partial charge in [-0.3, -0.25) is 9.48 Å². The van der Waals surface area contributed by atoms with E-state index in [0.29, 0.717) is 11.8 Å². The monoisotopic (exact) mass is 237 g/mol. The fraction of sp³-hybridized carbons (Fsp3) is 0.455. The topological polar surface area (TPSA) is 50.7 Å². The van der Waals surface area contributed by atoms with Crippen molar-refractivity contribution in [1.82, 2.24) is 14.8 Å². The van der Waals surface area contributed by atoms with Crippen LogP contribution in [0.5, 0.6) is 0 Å². The lowest BCUT2D eigenvalue weighted by Crippen LogP contribution is -2.07. The second kappa shape index (κ2) is 3.35. The first kappa shape index (κ1) is 9.90. The summed E-state index contributed by atoms with van der Waals surface area (Å²) in [5, 5.41) is 5.53. The Labute approximate surface area is 97.2 Å². The second-order valence-corrected chi connectivity index (χ2v) is 4.57. The van der Waals surface area contributed by atoms with Crippen LogP contribution in [-0.4, -0.2) is 14.8 Å². The number of rotatable bonds is 2. The smallest absolute Gasteiger partial charge is 0.249 e. The van der Waals surface area contributed by atoms with Crippen molar-refractivity contribution in [3.63, 3.8) is 0 Å². The van der Waals surface area contributed by atoms with Crippen LogP contribution < -0.4 is 5.56 Å². The molecule has 2 heterocycles.